The summed E-state index contributed by atoms with van der Waals surface area (Å²) in [4.78, 5) is 14.4. The highest BCUT2D eigenvalue weighted by atomic mass is 32.2. The zero-order valence-corrected chi connectivity index (χ0v) is 14.5. The topological polar surface area (TPSA) is 54.5 Å². The summed E-state index contributed by atoms with van der Waals surface area (Å²) in [7, 11) is -3.00. The lowest BCUT2D eigenvalue weighted by Gasteiger charge is -2.28. The standard InChI is InChI=1S/C18H25NO3S/c1-14-12-19(8-9-23(21,22)13-14)18(20)11-15-6-7-16-4-2-3-5-17(16)10-15/h2-5,14-15H,6-13H2,1H3. The first kappa shape index (κ1) is 16.5. The van der Waals surface area contributed by atoms with Gasteiger partial charge >= 0.3 is 0 Å². The van der Waals surface area contributed by atoms with Crippen LogP contribution in [0.15, 0.2) is 24.3 Å². The van der Waals surface area contributed by atoms with E-state index >= 15 is 0 Å². The Hall–Kier alpha value is -1.36. The molecule has 5 heteroatoms. The van der Waals surface area contributed by atoms with E-state index in [4.69, 9.17) is 0 Å². The Bertz CT molecular complexity index is 683. The molecule has 1 fully saturated rings. The summed E-state index contributed by atoms with van der Waals surface area (Å²) in [6.07, 6.45) is 3.59. The van der Waals surface area contributed by atoms with Gasteiger partial charge in [-0.05, 0) is 42.2 Å². The summed E-state index contributed by atoms with van der Waals surface area (Å²) in [6.45, 7) is 2.84. The molecule has 0 N–H and O–H groups in total. The van der Waals surface area contributed by atoms with Crippen LogP contribution in [0.5, 0.6) is 0 Å². The average molecular weight is 335 g/mol. The first-order chi connectivity index (χ1) is 10.9. The molecule has 126 valence electrons. The third-order valence-electron chi connectivity index (χ3n) is 5.01. The maximum Gasteiger partial charge on any atom is 0.222 e. The second kappa shape index (κ2) is 6.63. The first-order valence-electron chi connectivity index (χ1n) is 8.48. The summed E-state index contributed by atoms with van der Waals surface area (Å²) < 4.78 is 23.7. The fraction of sp³-hybridized carbons (Fsp3) is 0.611. The van der Waals surface area contributed by atoms with Crippen LogP contribution in [-0.4, -0.2) is 43.8 Å². The molecule has 1 amide bonds. The number of sulfone groups is 1. The van der Waals surface area contributed by atoms with Crippen molar-refractivity contribution >= 4 is 15.7 Å². The summed E-state index contributed by atoms with van der Waals surface area (Å²) in [5, 5.41) is 0. The molecule has 3 rings (SSSR count). The minimum Gasteiger partial charge on any atom is -0.341 e. The highest BCUT2D eigenvalue weighted by molar-refractivity contribution is 7.91. The molecule has 0 radical (unpaired) electrons. The van der Waals surface area contributed by atoms with Gasteiger partial charge in [-0.25, -0.2) is 8.42 Å². The maximum atomic E-state index is 12.6. The van der Waals surface area contributed by atoms with Crippen LogP contribution in [0.1, 0.15) is 30.9 Å². The van der Waals surface area contributed by atoms with Gasteiger partial charge in [0, 0.05) is 19.5 Å². The van der Waals surface area contributed by atoms with Crippen LogP contribution in [0.3, 0.4) is 0 Å². The lowest BCUT2D eigenvalue weighted by Crippen LogP contribution is -2.37. The van der Waals surface area contributed by atoms with Crippen molar-refractivity contribution in [2.75, 3.05) is 24.6 Å². The molecule has 1 aliphatic carbocycles. The molecule has 0 saturated carbocycles. The number of carbonyl (C=O) groups is 1. The van der Waals surface area contributed by atoms with Gasteiger partial charge in [0.25, 0.3) is 0 Å². The van der Waals surface area contributed by atoms with Gasteiger partial charge in [-0.3, -0.25) is 4.79 Å². The van der Waals surface area contributed by atoms with Crippen LogP contribution in [0.25, 0.3) is 0 Å². The number of nitrogens with zero attached hydrogens (tertiary/aromatic N) is 1. The number of carbonyl (C=O) groups excluding carboxylic acids is 1. The predicted octanol–water partition coefficient (Wildman–Crippen LogP) is 2.07. The minimum atomic E-state index is -3.00. The minimum absolute atomic E-state index is 0.0264. The number of hydrogen-bond donors (Lipinski definition) is 0. The molecule has 2 atom stereocenters. The third kappa shape index (κ3) is 4.14. The Morgan fingerprint density at radius 2 is 2.00 bits per heavy atom. The zero-order chi connectivity index (χ0) is 16.4. The van der Waals surface area contributed by atoms with Crippen molar-refractivity contribution in [2.24, 2.45) is 11.8 Å². The maximum absolute atomic E-state index is 12.6. The molecule has 23 heavy (non-hydrogen) atoms. The highest BCUT2D eigenvalue weighted by Crippen LogP contribution is 2.28. The Labute approximate surface area is 138 Å². The largest absolute Gasteiger partial charge is 0.341 e. The molecule has 2 aliphatic rings. The van der Waals surface area contributed by atoms with Gasteiger partial charge in [-0.2, -0.15) is 0 Å². The van der Waals surface area contributed by atoms with Crippen molar-refractivity contribution in [3.8, 4) is 0 Å². The van der Waals surface area contributed by atoms with Crippen molar-refractivity contribution in [2.45, 2.75) is 32.6 Å². The van der Waals surface area contributed by atoms with Crippen LogP contribution in [0, 0.1) is 11.8 Å². The van der Waals surface area contributed by atoms with Crippen LogP contribution in [-0.2, 0) is 27.5 Å². The molecule has 0 aromatic heterocycles. The summed E-state index contributed by atoms with van der Waals surface area (Å²) in [6, 6.07) is 8.47. The van der Waals surface area contributed by atoms with E-state index in [0.29, 0.717) is 25.4 Å². The van der Waals surface area contributed by atoms with E-state index < -0.39 is 9.84 Å². The fourth-order valence-corrected chi connectivity index (χ4v) is 5.47. The summed E-state index contributed by atoms with van der Waals surface area (Å²) in [5.41, 5.74) is 2.77. The molecule has 4 nitrogen and oxygen atoms in total. The van der Waals surface area contributed by atoms with Crippen LogP contribution < -0.4 is 0 Å². The summed E-state index contributed by atoms with van der Waals surface area (Å²) >= 11 is 0. The van der Waals surface area contributed by atoms with Crippen molar-refractivity contribution in [1.82, 2.24) is 4.90 Å². The van der Waals surface area contributed by atoms with E-state index in [2.05, 4.69) is 24.3 Å². The predicted molar refractivity (Wildman–Crippen MR) is 91.0 cm³/mol. The van der Waals surface area contributed by atoms with E-state index in [9.17, 15) is 13.2 Å². The van der Waals surface area contributed by atoms with E-state index in [-0.39, 0.29) is 23.3 Å². The molecule has 0 bridgehead atoms. The van der Waals surface area contributed by atoms with Gasteiger partial charge < -0.3 is 4.90 Å². The van der Waals surface area contributed by atoms with Gasteiger partial charge in [-0.15, -0.1) is 0 Å². The average Bonchev–Trinajstić information content (AvgIpc) is 2.64. The van der Waals surface area contributed by atoms with Crippen molar-refractivity contribution in [3.63, 3.8) is 0 Å². The molecule has 1 aromatic carbocycles. The van der Waals surface area contributed by atoms with Crippen molar-refractivity contribution in [3.05, 3.63) is 35.4 Å². The molecular weight excluding hydrogens is 310 g/mol. The third-order valence-corrected chi connectivity index (χ3v) is 6.89. The van der Waals surface area contributed by atoms with Gasteiger partial charge in [-0.1, -0.05) is 31.2 Å². The Morgan fingerprint density at radius 1 is 1.26 bits per heavy atom. The molecule has 1 saturated heterocycles. The van der Waals surface area contributed by atoms with Gasteiger partial charge in [0.05, 0.1) is 11.5 Å². The van der Waals surface area contributed by atoms with E-state index in [1.807, 2.05) is 6.92 Å². The molecule has 1 aromatic rings. The van der Waals surface area contributed by atoms with Crippen LogP contribution >= 0.6 is 0 Å². The van der Waals surface area contributed by atoms with Crippen molar-refractivity contribution in [1.29, 1.82) is 0 Å². The van der Waals surface area contributed by atoms with E-state index in [1.54, 1.807) is 4.90 Å². The number of fused-ring (bicyclic) bond motifs is 1. The molecular formula is C18H25NO3S. The monoisotopic (exact) mass is 335 g/mol. The zero-order valence-electron chi connectivity index (χ0n) is 13.7. The van der Waals surface area contributed by atoms with E-state index in [0.717, 1.165) is 19.3 Å². The quantitative estimate of drug-likeness (QED) is 0.831. The SMILES string of the molecule is CC1CN(C(=O)CC2CCc3ccccc3C2)CCS(=O)(=O)C1. The molecule has 1 heterocycles. The Balaban J connectivity index is 1.61. The fourth-order valence-electron chi connectivity index (χ4n) is 3.84. The second-order valence-electron chi connectivity index (χ2n) is 7.14. The molecule has 2 unspecified atom stereocenters. The second-order valence-corrected chi connectivity index (χ2v) is 9.37. The Morgan fingerprint density at radius 3 is 2.78 bits per heavy atom. The lowest BCUT2D eigenvalue weighted by atomic mass is 9.82. The van der Waals surface area contributed by atoms with Crippen LogP contribution in [0.4, 0.5) is 0 Å². The smallest absolute Gasteiger partial charge is 0.222 e. The van der Waals surface area contributed by atoms with Gasteiger partial charge in [0.2, 0.25) is 5.91 Å². The number of rotatable bonds is 2. The number of amides is 1. The molecule has 1 aliphatic heterocycles. The number of aryl methyl sites for hydroxylation is 1. The van der Waals surface area contributed by atoms with Gasteiger partial charge in [0.1, 0.15) is 0 Å². The van der Waals surface area contributed by atoms with E-state index in [1.165, 1.54) is 11.1 Å². The normalized spacial score (nSPS) is 27.1. The van der Waals surface area contributed by atoms with Gasteiger partial charge in [0.15, 0.2) is 9.84 Å². The first-order valence-corrected chi connectivity index (χ1v) is 10.3. The van der Waals surface area contributed by atoms with Crippen LogP contribution in [0.2, 0.25) is 0 Å². The van der Waals surface area contributed by atoms with Crippen molar-refractivity contribution < 1.29 is 13.2 Å². The highest BCUT2D eigenvalue weighted by Gasteiger charge is 2.29. The summed E-state index contributed by atoms with van der Waals surface area (Å²) in [5.74, 6) is 0.842. The molecule has 0 spiro atoms. The number of hydrogen-bond acceptors (Lipinski definition) is 3. The Kier molecular flexibility index (Phi) is 4.76. The number of benzene rings is 1. The lowest BCUT2D eigenvalue weighted by molar-refractivity contribution is -0.132.